The van der Waals surface area contributed by atoms with E-state index >= 15 is 0 Å². The number of nitrogens with two attached hydrogens (primary N) is 1. The summed E-state index contributed by atoms with van der Waals surface area (Å²) in [5, 5.41) is 3.37. The number of nitrogens with one attached hydrogen (secondary N) is 1. The Labute approximate surface area is 155 Å². The third-order valence-corrected chi connectivity index (χ3v) is 4.46. The lowest BCUT2D eigenvalue weighted by Gasteiger charge is -2.35. The number of amides is 1. The molecule has 0 saturated carbocycles. The van der Waals surface area contributed by atoms with Gasteiger partial charge < -0.3 is 25.4 Å². The Morgan fingerprint density at radius 3 is 2.69 bits per heavy atom. The predicted octanol–water partition coefficient (Wildman–Crippen LogP) is 1.63. The van der Waals surface area contributed by atoms with Crippen molar-refractivity contribution in [2.45, 2.75) is 32.3 Å². The van der Waals surface area contributed by atoms with Crippen LogP contribution in [0.3, 0.4) is 0 Å². The number of piperidine rings is 1. The van der Waals surface area contributed by atoms with Gasteiger partial charge in [0.05, 0.1) is 13.7 Å². The lowest BCUT2D eigenvalue weighted by atomic mass is 9.95. The molecule has 0 spiro atoms. The molecule has 0 bridgehead atoms. The number of carbonyl (C=O) groups excluding carboxylic acids is 1. The third kappa shape index (κ3) is 6.13. The Morgan fingerprint density at radius 2 is 2.08 bits per heavy atom. The van der Waals surface area contributed by atoms with Crippen LogP contribution in [-0.2, 0) is 4.79 Å². The zero-order valence-electron chi connectivity index (χ0n) is 15.9. The second-order valence-electron chi connectivity index (χ2n) is 6.66. The Kier molecular flexibility index (Phi) is 7.56. The molecule has 1 heterocycles. The molecule has 7 nitrogen and oxygen atoms in total. The highest BCUT2D eigenvalue weighted by molar-refractivity contribution is 5.80. The van der Waals surface area contributed by atoms with Gasteiger partial charge in [0.15, 0.2) is 5.96 Å². The van der Waals surface area contributed by atoms with Crippen LogP contribution >= 0.6 is 0 Å². The quantitative estimate of drug-likeness (QED) is 0.568. The summed E-state index contributed by atoms with van der Waals surface area (Å²) in [5.74, 6) is 2.51. The summed E-state index contributed by atoms with van der Waals surface area (Å²) in [6.07, 6.45) is 2.49. The molecule has 2 unspecified atom stereocenters. The lowest BCUT2D eigenvalue weighted by Crippen LogP contribution is -2.49. The highest BCUT2D eigenvalue weighted by atomic mass is 16.5. The van der Waals surface area contributed by atoms with Gasteiger partial charge in [0.2, 0.25) is 5.91 Å². The van der Waals surface area contributed by atoms with Crippen molar-refractivity contribution in [3.63, 3.8) is 0 Å². The van der Waals surface area contributed by atoms with E-state index in [-0.39, 0.29) is 12.0 Å². The second-order valence-corrected chi connectivity index (χ2v) is 6.66. The maximum atomic E-state index is 11.2. The molecule has 144 valence electrons. The Morgan fingerprint density at radius 1 is 1.38 bits per heavy atom. The fourth-order valence-corrected chi connectivity index (χ4v) is 3.20. The maximum Gasteiger partial charge on any atom is 0.217 e. The van der Waals surface area contributed by atoms with Crippen molar-refractivity contribution in [3.8, 4) is 11.5 Å². The third-order valence-electron chi connectivity index (χ3n) is 4.46. The van der Waals surface area contributed by atoms with Gasteiger partial charge in [-0.05, 0) is 49.9 Å². The molecule has 0 aromatic heterocycles. The van der Waals surface area contributed by atoms with E-state index in [2.05, 4.69) is 15.2 Å². The van der Waals surface area contributed by atoms with E-state index in [1.807, 2.05) is 31.2 Å². The molecular formula is C19H30N4O3. The number of aliphatic imine (C=N–C) groups is 1. The van der Waals surface area contributed by atoms with Crippen molar-refractivity contribution in [1.29, 1.82) is 0 Å². The molecule has 26 heavy (non-hydrogen) atoms. The van der Waals surface area contributed by atoms with E-state index in [0.29, 0.717) is 18.9 Å². The zero-order valence-corrected chi connectivity index (χ0v) is 15.9. The molecule has 1 amide bonds. The van der Waals surface area contributed by atoms with Crippen molar-refractivity contribution < 1.29 is 14.3 Å². The maximum absolute atomic E-state index is 11.2. The van der Waals surface area contributed by atoms with Gasteiger partial charge in [-0.25, -0.2) is 0 Å². The number of benzene rings is 1. The number of hydrogen-bond acceptors (Lipinski definition) is 4. The average molecular weight is 362 g/mol. The number of likely N-dealkylation sites (tertiary alicyclic amines) is 1. The Bertz CT molecular complexity index is 603. The summed E-state index contributed by atoms with van der Waals surface area (Å²) in [7, 11) is 3.41. The van der Waals surface area contributed by atoms with Crippen molar-refractivity contribution in [2.75, 3.05) is 33.8 Å². The fraction of sp³-hybridized carbons (Fsp3) is 0.579. The molecule has 1 aliphatic heterocycles. The number of hydrogen-bond donors (Lipinski definition) is 2. The van der Waals surface area contributed by atoms with Gasteiger partial charge in [-0.3, -0.25) is 9.79 Å². The number of carbonyl (C=O) groups is 1. The number of primary amides is 1. The van der Waals surface area contributed by atoms with Gasteiger partial charge in [-0.1, -0.05) is 0 Å². The molecular weight excluding hydrogens is 332 g/mol. The fourth-order valence-electron chi connectivity index (χ4n) is 3.20. The first kappa shape index (κ1) is 19.9. The summed E-state index contributed by atoms with van der Waals surface area (Å²) in [6, 6.07) is 7.54. The minimum Gasteiger partial charge on any atom is -0.497 e. The van der Waals surface area contributed by atoms with Crippen molar-refractivity contribution in [2.24, 2.45) is 16.6 Å². The molecule has 1 saturated heterocycles. The van der Waals surface area contributed by atoms with Gasteiger partial charge in [0.1, 0.15) is 17.6 Å². The highest BCUT2D eigenvalue weighted by Crippen LogP contribution is 2.20. The molecule has 0 aliphatic carbocycles. The van der Waals surface area contributed by atoms with Crippen molar-refractivity contribution >= 4 is 11.9 Å². The van der Waals surface area contributed by atoms with Gasteiger partial charge in [-0.15, -0.1) is 0 Å². The van der Waals surface area contributed by atoms with E-state index < -0.39 is 0 Å². The topological polar surface area (TPSA) is 89.2 Å². The molecule has 7 heteroatoms. The summed E-state index contributed by atoms with van der Waals surface area (Å²) >= 11 is 0. The summed E-state index contributed by atoms with van der Waals surface area (Å²) in [5.41, 5.74) is 5.34. The summed E-state index contributed by atoms with van der Waals surface area (Å²) in [4.78, 5) is 17.7. The van der Waals surface area contributed by atoms with Gasteiger partial charge in [0, 0.05) is 26.6 Å². The number of rotatable bonds is 7. The van der Waals surface area contributed by atoms with Crippen LogP contribution in [0.25, 0.3) is 0 Å². The molecule has 1 aromatic rings. The number of methoxy groups -OCH3 is 1. The monoisotopic (exact) mass is 362 g/mol. The first-order valence-corrected chi connectivity index (χ1v) is 9.06. The standard InChI is InChI=1S/C19H30N4O3/c1-14(26-17-8-6-16(25-3)7-9-17)12-22-19(21-2)23-10-4-5-15(13-23)11-18(20)24/h6-9,14-15H,4-5,10-13H2,1-3H3,(H2,20,24)(H,21,22). The predicted molar refractivity (Wildman–Crippen MR) is 103 cm³/mol. The van der Waals surface area contributed by atoms with E-state index in [0.717, 1.165) is 43.4 Å². The SMILES string of the molecule is CN=C(NCC(C)Oc1ccc(OC)cc1)N1CCCC(CC(N)=O)C1. The molecule has 1 aliphatic rings. The minimum absolute atomic E-state index is 0.0219. The van der Waals surface area contributed by atoms with Gasteiger partial charge in [0.25, 0.3) is 0 Å². The number of guanidine groups is 1. The van der Waals surface area contributed by atoms with Crippen LogP contribution in [0.5, 0.6) is 11.5 Å². The van der Waals surface area contributed by atoms with Crippen LogP contribution in [0.4, 0.5) is 0 Å². The number of ether oxygens (including phenoxy) is 2. The van der Waals surface area contributed by atoms with Crippen LogP contribution in [0.15, 0.2) is 29.3 Å². The van der Waals surface area contributed by atoms with Crippen molar-refractivity contribution in [1.82, 2.24) is 10.2 Å². The van der Waals surface area contributed by atoms with E-state index in [4.69, 9.17) is 15.2 Å². The van der Waals surface area contributed by atoms with Crippen LogP contribution in [0.1, 0.15) is 26.2 Å². The molecule has 3 N–H and O–H groups in total. The van der Waals surface area contributed by atoms with Crippen LogP contribution < -0.4 is 20.5 Å². The van der Waals surface area contributed by atoms with E-state index in [1.54, 1.807) is 14.2 Å². The Balaban J connectivity index is 1.82. The first-order chi connectivity index (χ1) is 12.5. The summed E-state index contributed by atoms with van der Waals surface area (Å²) in [6.45, 7) is 4.38. The minimum atomic E-state index is -0.235. The second kappa shape index (κ2) is 9.89. The average Bonchev–Trinajstić information content (AvgIpc) is 2.62. The van der Waals surface area contributed by atoms with Crippen LogP contribution in [-0.4, -0.2) is 56.7 Å². The zero-order chi connectivity index (χ0) is 18.9. The van der Waals surface area contributed by atoms with E-state index in [9.17, 15) is 4.79 Å². The molecule has 2 rings (SSSR count). The van der Waals surface area contributed by atoms with E-state index in [1.165, 1.54) is 0 Å². The Hall–Kier alpha value is -2.44. The molecule has 1 aromatic carbocycles. The molecule has 0 radical (unpaired) electrons. The first-order valence-electron chi connectivity index (χ1n) is 9.06. The van der Waals surface area contributed by atoms with Gasteiger partial charge in [-0.2, -0.15) is 0 Å². The molecule has 1 fully saturated rings. The van der Waals surface area contributed by atoms with Crippen LogP contribution in [0.2, 0.25) is 0 Å². The van der Waals surface area contributed by atoms with Gasteiger partial charge >= 0.3 is 0 Å². The smallest absolute Gasteiger partial charge is 0.217 e. The van der Waals surface area contributed by atoms with Crippen molar-refractivity contribution in [3.05, 3.63) is 24.3 Å². The molecule has 2 atom stereocenters. The highest BCUT2D eigenvalue weighted by Gasteiger charge is 2.23. The number of nitrogens with zero attached hydrogens (tertiary/aromatic N) is 2. The largest absolute Gasteiger partial charge is 0.497 e. The summed E-state index contributed by atoms with van der Waals surface area (Å²) < 4.78 is 11.1. The normalized spacial score (nSPS) is 19.0. The lowest BCUT2D eigenvalue weighted by molar-refractivity contribution is -0.119. The van der Waals surface area contributed by atoms with Crippen LogP contribution in [0, 0.1) is 5.92 Å².